The number of nitrogen functional groups attached to an aromatic ring is 1. The molecular weight excluding hydrogens is 352 g/mol. The highest BCUT2D eigenvalue weighted by Gasteiger charge is 2.24. The van der Waals surface area contributed by atoms with Crippen molar-refractivity contribution in [1.29, 1.82) is 0 Å². The highest BCUT2D eigenvalue weighted by atomic mass is 32.1. The maximum absolute atomic E-state index is 5.62. The number of thiol groups is 1. The second kappa shape index (κ2) is 7.50. The van der Waals surface area contributed by atoms with Crippen LogP contribution in [0.1, 0.15) is 12.8 Å². The summed E-state index contributed by atoms with van der Waals surface area (Å²) in [5, 5.41) is 3.44. The minimum absolute atomic E-state index is 0.226. The van der Waals surface area contributed by atoms with E-state index in [2.05, 4.69) is 37.7 Å². The summed E-state index contributed by atoms with van der Waals surface area (Å²) < 4.78 is 8.37. The molecule has 0 amide bonds. The van der Waals surface area contributed by atoms with Crippen LogP contribution in [0.4, 0.5) is 23.4 Å². The summed E-state index contributed by atoms with van der Waals surface area (Å²) in [6.07, 6.45) is 5.84. The SMILES string of the molecule is Nc1ncc(-c2nc(N3CCOCC3)nc(NCC3CC3)c2NS)cn1. The van der Waals surface area contributed by atoms with Gasteiger partial charge in [0, 0.05) is 37.6 Å². The number of rotatable bonds is 6. The molecule has 1 saturated carbocycles. The average molecular weight is 374 g/mol. The van der Waals surface area contributed by atoms with E-state index < -0.39 is 0 Å². The van der Waals surface area contributed by atoms with Gasteiger partial charge in [-0.3, -0.25) is 0 Å². The number of hydrogen-bond donors (Lipinski definition) is 4. The molecule has 3 heterocycles. The summed E-state index contributed by atoms with van der Waals surface area (Å²) in [5.41, 5.74) is 7.77. The highest BCUT2D eigenvalue weighted by molar-refractivity contribution is 7.81. The zero-order chi connectivity index (χ0) is 17.9. The molecule has 4 rings (SSSR count). The van der Waals surface area contributed by atoms with Crippen molar-refractivity contribution >= 4 is 36.2 Å². The number of nitrogens with two attached hydrogens (primary N) is 1. The van der Waals surface area contributed by atoms with Gasteiger partial charge < -0.3 is 25.4 Å². The van der Waals surface area contributed by atoms with E-state index in [-0.39, 0.29) is 5.95 Å². The molecule has 2 aromatic rings. The number of nitrogens with one attached hydrogen (secondary N) is 2. The van der Waals surface area contributed by atoms with Gasteiger partial charge in [0.15, 0.2) is 5.82 Å². The lowest BCUT2D eigenvalue weighted by atomic mass is 10.2. The van der Waals surface area contributed by atoms with Gasteiger partial charge in [-0.05, 0) is 18.8 Å². The largest absolute Gasteiger partial charge is 0.378 e. The number of nitrogens with zero attached hydrogens (tertiary/aromatic N) is 5. The molecule has 1 aliphatic heterocycles. The third-order valence-corrected chi connectivity index (χ3v) is 4.73. The molecule has 10 heteroatoms. The Morgan fingerprint density at radius 3 is 2.58 bits per heavy atom. The maximum Gasteiger partial charge on any atom is 0.228 e. The number of anilines is 4. The van der Waals surface area contributed by atoms with Crippen molar-refractivity contribution in [2.45, 2.75) is 12.8 Å². The Balaban J connectivity index is 1.75. The molecule has 2 aliphatic rings. The second-order valence-electron chi connectivity index (χ2n) is 6.46. The van der Waals surface area contributed by atoms with Crippen LogP contribution in [0.15, 0.2) is 12.4 Å². The van der Waals surface area contributed by atoms with Gasteiger partial charge in [-0.15, -0.1) is 0 Å². The first-order valence-electron chi connectivity index (χ1n) is 8.71. The molecule has 138 valence electrons. The zero-order valence-corrected chi connectivity index (χ0v) is 15.2. The van der Waals surface area contributed by atoms with E-state index in [1.54, 1.807) is 12.4 Å². The zero-order valence-electron chi connectivity index (χ0n) is 14.4. The average Bonchev–Trinajstić information content (AvgIpc) is 3.51. The van der Waals surface area contributed by atoms with Crippen LogP contribution in [-0.4, -0.2) is 52.8 Å². The predicted molar refractivity (Wildman–Crippen MR) is 104 cm³/mol. The molecule has 0 aromatic carbocycles. The minimum atomic E-state index is 0.226. The molecule has 0 bridgehead atoms. The smallest absolute Gasteiger partial charge is 0.228 e. The molecule has 2 aromatic heterocycles. The van der Waals surface area contributed by atoms with E-state index in [0.29, 0.717) is 36.5 Å². The molecule has 1 saturated heterocycles. The Bertz CT molecular complexity index is 762. The third-order valence-electron chi connectivity index (χ3n) is 4.50. The van der Waals surface area contributed by atoms with Gasteiger partial charge in [0.25, 0.3) is 0 Å². The van der Waals surface area contributed by atoms with Crippen molar-refractivity contribution in [3.05, 3.63) is 12.4 Å². The number of ether oxygens (including phenoxy) is 1. The Morgan fingerprint density at radius 2 is 1.92 bits per heavy atom. The van der Waals surface area contributed by atoms with E-state index in [9.17, 15) is 0 Å². The van der Waals surface area contributed by atoms with E-state index >= 15 is 0 Å². The third kappa shape index (κ3) is 3.75. The van der Waals surface area contributed by atoms with Crippen molar-refractivity contribution in [3.8, 4) is 11.3 Å². The van der Waals surface area contributed by atoms with Gasteiger partial charge in [0.1, 0.15) is 11.4 Å². The highest BCUT2D eigenvalue weighted by Crippen LogP contribution is 2.35. The van der Waals surface area contributed by atoms with Crippen LogP contribution < -0.4 is 20.7 Å². The van der Waals surface area contributed by atoms with E-state index in [1.165, 1.54) is 12.8 Å². The van der Waals surface area contributed by atoms with Crippen LogP contribution in [0.5, 0.6) is 0 Å². The van der Waals surface area contributed by atoms with Crippen molar-refractivity contribution in [3.63, 3.8) is 0 Å². The number of hydrogen-bond acceptors (Lipinski definition) is 10. The molecule has 0 radical (unpaired) electrons. The summed E-state index contributed by atoms with van der Waals surface area (Å²) in [5.74, 6) is 2.33. The van der Waals surface area contributed by atoms with Gasteiger partial charge in [-0.1, -0.05) is 12.8 Å². The summed E-state index contributed by atoms with van der Waals surface area (Å²) in [6, 6.07) is 0. The fraction of sp³-hybridized carbons (Fsp3) is 0.500. The fourth-order valence-corrected chi connectivity index (χ4v) is 3.03. The second-order valence-corrected chi connectivity index (χ2v) is 6.68. The molecule has 0 spiro atoms. The molecule has 1 aliphatic carbocycles. The minimum Gasteiger partial charge on any atom is -0.378 e. The van der Waals surface area contributed by atoms with Crippen LogP contribution in [0.2, 0.25) is 0 Å². The summed E-state index contributed by atoms with van der Waals surface area (Å²) in [4.78, 5) is 19.8. The normalized spacial score (nSPS) is 17.2. The van der Waals surface area contributed by atoms with Crippen molar-refractivity contribution in [2.75, 3.05) is 53.5 Å². The Labute approximate surface area is 157 Å². The van der Waals surface area contributed by atoms with Crippen molar-refractivity contribution in [2.24, 2.45) is 5.92 Å². The number of morpholine rings is 1. The fourth-order valence-electron chi connectivity index (χ4n) is 2.82. The van der Waals surface area contributed by atoms with Crippen molar-refractivity contribution < 1.29 is 4.74 Å². The molecular formula is C16H22N8OS. The van der Waals surface area contributed by atoms with Crippen LogP contribution in [0.3, 0.4) is 0 Å². The van der Waals surface area contributed by atoms with Crippen molar-refractivity contribution in [1.82, 2.24) is 19.9 Å². The summed E-state index contributed by atoms with van der Waals surface area (Å²) in [6.45, 7) is 3.74. The maximum atomic E-state index is 5.62. The molecule has 4 N–H and O–H groups in total. The quantitative estimate of drug-likeness (QED) is 0.558. The van der Waals surface area contributed by atoms with Crippen LogP contribution >= 0.6 is 12.8 Å². The van der Waals surface area contributed by atoms with Gasteiger partial charge >= 0.3 is 0 Å². The molecule has 0 atom stereocenters. The van der Waals surface area contributed by atoms with Gasteiger partial charge in [-0.25, -0.2) is 15.0 Å². The molecule has 26 heavy (non-hydrogen) atoms. The van der Waals surface area contributed by atoms with Crippen LogP contribution in [0, 0.1) is 5.92 Å². The Hall–Kier alpha value is -2.33. The lowest BCUT2D eigenvalue weighted by molar-refractivity contribution is 0.122. The monoisotopic (exact) mass is 374 g/mol. The van der Waals surface area contributed by atoms with E-state index in [4.69, 9.17) is 20.4 Å². The molecule has 2 fully saturated rings. The number of aromatic nitrogens is 4. The predicted octanol–water partition coefficient (Wildman–Crippen LogP) is 1.43. The van der Waals surface area contributed by atoms with Gasteiger partial charge in [-0.2, -0.15) is 4.98 Å². The summed E-state index contributed by atoms with van der Waals surface area (Å²) >= 11 is 4.27. The molecule has 9 nitrogen and oxygen atoms in total. The van der Waals surface area contributed by atoms with E-state index in [0.717, 1.165) is 31.0 Å². The topological polar surface area (TPSA) is 114 Å². The first-order chi connectivity index (χ1) is 12.7. The van der Waals surface area contributed by atoms with Gasteiger partial charge in [0.05, 0.1) is 13.2 Å². The Kier molecular flexibility index (Phi) is 4.93. The van der Waals surface area contributed by atoms with Crippen LogP contribution in [0.25, 0.3) is 11.3 Å². The lowest BCUT2D eigenvalue weighted by Crippen LogP contribution is -2.37. The van der Waals surface area contributed by atoms with Crippen LogP contribution in [-0.2, 0) is 4.74 Å². The lowest BCUT2D eigenvalue weighted by Gasteiger charge is -2.28. The van der Waals surface area contributed by atoms with E-state index in [1.807, 2.05) is 0 Å². The summed E-state index contributed by atoms with van der Waals surface area (Å²) in [7, 11) is 0. The van der Waals surface area contributed by atoms with Gasteiger partial charge in [0.2, 0.25) is 11.9 Å². The first-order valence-corrected chi connectivity index (χ1v) is 9.16. The first kappa shape index (κ1) is 17.1. The Morgan fingerprint density at radius 1 is 1.19 bits per heavy atom. The molecule has 0 unspecified atom stereocenters. The standard InChI is InChI=1S/C16H22N8OS/c17-15-19-8-11(9-20-15)12-13(23-26)14(18-7-10-1-2-10)22-16(21-12)24-3-5-25-6-4-24/h8-10,23,26H,1-7H2,(H2,17,19,20)(H,18,21,22).